The Morgan fingerprint density at radius 1 is 1.39 bits per heavy atom. The van der Waals surface area contributed by atoms with E-state index in [1.54, 1.807) is 10.9 Å². The number of hydrogen-bond donors (Lipinski definition) is 3. The Kier molecular flexibility index (Phi) is 4.82. The van der Waals surface area contributed by atoms with E-state index in [4.69, 9.17) is 5.73 Å². The number of anilines is 2. The topological polar surface area (TPSA) is 97.9 Å². The number of nitrogens with one attached hydrogen (secondary N) is 2. The van der Waals surface area contributed by atoms with Gasteiger partial charge in [0.05, 0.1) is 23.1 Å². The molecule has 1 atom stereocenters. The molecule has 1 aliphatic heterocycles. The number of hydrogen-bond acceptors (Lipinski definition) is 6. The zero-order valence-electron chi connectivity index (χ0n) is 15.0. The van der Waals surface area contributed by atoms with Crippen LogP contribution >= 0.6 is 11.3 Å². The Bertz CT molecular complexity index is 1020. The van der Waals surface area contributed by atoms with Crippen LogP contribution in [0.15, 0.2) is 24.4 Å². The third-order valence-corrected chi connectivity index (χ3v) is 5.63. The summed E-state index contributed by atoms with van der Waals surface area (Å²) in [5.41, 5.74) is 7.04. The number of aromatic nitrogens is 3. The molecule has 1 aliphatic rings. The maximum atomic E-state index is 14.0. The van der Waals surface area contributed by atoms with Crippen LogP contribution in [-0.2, 0) is 7.05 Å². The van der Waals surface area contributed by atoms with Gasteiger partial charge in [-0.05, 0) is 25.1 Å². The van der Waals surface area contributed by atoms with Crippen molar-refractivity contribution >= 4 is 27.9 Å². The van der Waals surface area contributed by atoms with Crippen LogP contribution < -0.4 is 16.4 Å². The van der Waals surface area contributed by atoms with Gasteiger partial charge in [0.2, 0.25) is 0 Å². The minimum atomic E-state index is -0.760. The lowest BCUT2D eigenvalue weighted by molar-refractivity contribution is 0.102. The summed E-state index contributed by atoms with van der Waals surface area (Å²) in [6.07, 6.45) is 2.52. The van der Waals surface area contributed by atoms with E-state index in [9.17, 15) is 13.6 Å². The van der Waals surface area contributed by atoms with E-state index in [-0.39, 0.29) is 27.2 Å². The second kappa shape index (κ2) is 7.28. The molecule has 0 radical (unpaired) electrons. The van der Waals surface area contributed by atoms with Gasteiger partial charge in [0, 0.05) is 19.5 Å². The molecule has 3 aromatic rings. The minimum Gasteiger partial charge on any atom is -0.389 e. The molecule has 3 heterocycles. The molecule has 1 unspecified atom stereocenters. The molecule has 7 nitrogen and oxygen atoms in total. The van der Waals surface area contributed by atoms with Crippen molar-refractivity contribution in [3.05, 3.63) is 47.4 Å². The van der Waals surface area contributed by atoms with Gasteiger partial charge in [-0.25, -0.2) is 13.8 Å². The largest absolute Gasteiger partial charge is 0.389 e. The Hall–Kier alpha value is -2.85. The molecule has 0 spiro atoms. The predicted octanol–water partition coefficient (Wildman–Crippen LogP) is 2.73. The molecule has 146 valence electrons. The van der Waals surface area contributed by atoms with Crippen LogP contribution in [0.1, 0.15) is 28.5 Å². The van der Waals surface area contributed by atoms with Gasteiger partial charge in [0.1, 0.15) is 21.6 Å². The Labute approximate surface area is 163 Å². The fourth-order valence-electron chi connectivity index (χ4n) is 3.40. The first-order valence-electron chi connectivity index (χ1n) is 8.70. The number of thiazole rings is 1. The fraction of sp³-hybridized carbons (Fsp3) is 0.278. The zero-order valence-corrected chi connectivity index (χ0v) is 15.8. The predicted molar refractivity (Wildman–Crippen MR) is 103 cm³/mol. The highest BCUT2D eigenvalue weighted by molar-refractivity contribution is 7.19. The summed E-state index contributed by atoms with van der Waals surface area (Å²) in [5.74, 6) is -1.83. The van der Waals surface area contributed by atoms with Crippen molar-refractivity contribution in [1.82, 2.24) is 20.1 Å². The highest BCUT2D eigenvalue weighted by atomic mass is 32.1. The summed E-state index contributed by atoms with van der Waals surface area (Å²) in [7, 11) is 1.82. The molecule has 0 saturated carbocycles. The summed E-state index contributed by atoms with van der Waals surface area (Å²) in [6.45, 7) is 1.71. The van der Waals surface area contributed by atoms with Gasteiger partial charge in [0.25, 0.3) is 5.91 Å². The van der Waals surface area contributed by atoms with Crippen LogP contribution in [-0.4, -0.2) is 33.8 Å². The average molecular weight is 404 g/mol. The molecule has 1 saturated heterocycles. The lowest BCUT2D eigenvalue weighted by Gasteiger charge is -2.12. The highest BCUT2D eigenvalue weighted by Gasteiger charge is 2.26. The van der Waals surface area contributed by atoms with Crippen molar-refractivity contribution in [3.8, 4) is 10.6 Å². The molecule has 4 rings (SSSR count). The molecular weight excluding hydrogens is 386 g/mol. The molecule has 4 N–H and O–H groups in total. The Morgan fingerprint density at radius 2 is 2.14 bits per heavy atom. The summed E-state index contributed by atoms with van der Waals surface area (Å²) in [6, 6.07) is 3.53. The number of benzene rings is 1. The standard InChI is InChI=1S/C18H18F2N6OS/c1-26-15(9-5-6-22-7-9)12(8-23-26)24-17(27)14-16(21)28-18(25-14)13-10(19)3-2-4-11(13)20/h2-4,8-9,22H,5-7,21H2,1H3,(H,24,27). The van der Waals surface area contributed by atoms with Crippen LogP contribution in [0.2, 0.25) is 0 Å². The van der Waals surface area contributed by atoms with Crippen molar-refractivity contribution in [2.45, 2.75) is 12.3 Å². The molecule has 1 aromatic carbocycles. The van der Waals surface area contributed by atoms with Gasteiger partial charge < -0.3 is 16.4 Å². The van der Waals surface area contributed by atoms with Crippen LogP contribution in [0, 0.1) is 11.6 Å². The molecule has 0 bridgehead atoms. The number of nitrogens with zero attached hydrogens (tertiary/aromatic N) is 3. The van der Waals surface area contributed by atoms with Crippen molar-refractivity contribution < 1.29 is 13.6 Å². The summed E-state index contributed by atoms with van der Waals surface area (Å²) >= 11 is 0.864. The molecule has 2 aromatic heterocycles. The lowest BCUT2D eigenvalue weighted by Crippen LogP contribution is -2.17. The van der Waals surface area contributed by atoms with Gasteiger partial charge in [-0.2, -0.15) is 5.10 Å². The molecular formula is C18H18F2N6OS. The number of carbonyl (C=O) groups is 1. The number of halogens is 2. The summed E-state index contributed by atoms with van der Waals surface area (Å²) in [4.78, 5) is 16.8. The van der Waals surface area contributed by atoms with E-state index >= 15 is 0 Å². The van der Waals surface area contributed by atoms with Gasteiger partial charge in [0.15, 0.2) is 5.69 Å². The number of aryl methyl sites for hydroxylation is 1. The van der Waals surface area contributed by atoms with Gasteiger partial charge in [-0.1, -0.05) is 17.4 Å². The van der Waals surface area contributed by atoms with E-state index in [2.05, 4.69) is 20.7 Å². The van der Waals surface area contributed by atoms with E-state index in [0.717, 1.165) is 48.7 Å². The third-order valence-electron chi connectivity index (χ3n) is 4.72. The van der Waals surface area contributed by atoms with E-state index in [1.807, 2.05) is 7.05 Å². The smallest absolute Gasteiger partial charge is 0.277 e. The summed E-state index contributed by atoms with van der Waals surface area (Å²) < 4.78 is 29.8. The molecule has 0 aliphatic carbocycles. The van der Waals surface area contributed by atoms with Crippen molar-refractivity contribution in [3.63, 3.8) is 0 Å². The molecule has 28 heavy (non-hydrogen) atoms. The third kappa shape index (κ3) is 3.25. The first-order chi connectivity index (χ1) is 13.5. The quantitative estimate of drug-likeness (QED) is 0.621. The van der Waals surface area contributed by atoms with Crippen molar-refractivity contribution in [2.75, 3.05) is 24.1 Å². The lowest BCUT2D eigenvalue weighted by atomic mass is 10.0. The maximum absolute atomic E-state index is 14.0. The second-order valence-corrected chi connectivity index (χ2v) is 7.57. The monoisotopic (exact) mass is 404 g/mol. The van der Waals surface area contributed by atoms with Crippen molar-refractivity contribution in [2.24, 2.45) is 7.05 Å². The second-order valence-electron chi connectivity index (χ2n) is 6.54. The number of nitrogen functional groups attached to an aromatic ring is 1. The van der Waals surface area contributed by atoms with E-state index < -0.39 is 17.5 Å². The SMILES string of the molecule is Cn1ncc(NC(=O)c2nc(-c3c(F)cccc3F)sc2N)c1C1CCNC1. The number of amides is 1. The van der Waals surface area contributed by atoms with Crippen LogP contribution in [0.3, 0.4) is 0 Å². The maximum Gasteiger partial charge on any atom is 0.277 e. The van der Waals surface area contributed by atoms with Crippen molar-refractivity contribution in [1.29, 1.82) is 0 Å². The number of nitrogens with two attached hydrogens (primary N) is 1. The first kappa shape index (κ1) is 18.5. The van der Waals surface area contributed by atoms with Gasteiger partial charge >= 0.3 is 0 Å². The van der Waals surface area contributed by atoms with E-state index in [0.29, 0.717) is 5.69 Å². The van der Waals surface area contributed by atoms with Crippen LogP contribution in [0.4, 0.5) is 19.5 Å². The highest BCUT2D eigenvalue weighted by Crippen LogP contribution is 2.34. The number of carbonyl (C=O) groups excluding carboxylic acids is 1. The van der Waals surface area contributed by atoms with Crippen LogP contribution in [0.25, 0.3) is 10.6 Å². The number of rotatable bonds is 4. The molecule has 1 amide bonds. The average Bonchev–Trinajstić information content (AvgIpc) is 3.36. The molecule has 10 heteroatoms. The minimum absolute atomic E-state index is 0.0182. The van der Waals surface area contributed by atoms with Gasteiger partial charge in [-0.15, -0.1) is 0 Å². The fourth-order valence-corrected chi connectivity index (χ4v) is 4.28. The first-order valence-corrected chi connectivity index (χ1v) is 9.52. The Balaban J connectivity index is 1.63. The Morgan fingerprint density at radius 3 is 2.82 bits per heavy atom. The van der Waals surface area contributed by atoms with Gasteiger partial charge in [-0.3, -0.25) is 9.48 Å². The van der Waals surface area contributed by atoms with E-state index in [1.165, 1.54) is 6.07 Å². The summed E-state index contributed by atoms with van der Waals surface area (Å²) in [5, 5.41) is 10.4. The normalized spacial score (nSPS) is 16.5. The zero-order chi connectivity index (χ0) is 19.8. The molecule has 1 fully saturated rings. The van der Waals surface area contributed by atoms with Crippen LogP contribution in [0.5, 0.6) is 0 Å².